The number of aryl methyl sites for hydroxylation is 1. The van der Waals surface area contributed by atoms with Gasteiger partial charge in [0.05, 0.1) is 5.56 Å². The second kappa shape index (κ2) is 7.77. The van der Waals surface area contributed by atoms with Crippen molar-refractivity contribution in [2.24, 2.45) is 5.73 Å². The molecular formula is C18H20N2O2S2. The number of primary amides is 1. The molecule has 3 N–H and O–H groups in total. The first-order valence-electron chi connectivity index (χ1n) is 8.12. The molecular weight excluding hydrogens is 340 g/mol. The fraction of sp³-hybridized carbons (Fsp3) is 0.333. The second-order valence-corrected chi connectivity index (χ2v) is 7.91. The van der Waals surface area contributed by atoms with Crippen LogP contribution in [0.3, 0.4) is 0 Å². The normalized spacial score (nSPS) is 14.8. The number of nitrogens with two attached hydrogens (primary N) is 1. The molecule has 0 radical (unpaired) electrons. The van der Waals surface area contributed by atoms with Gasteiger partial charge in [-0.1, -0.05) is 18.9 Å². The Morgan fingerprint density at radius 2 is 1.96 bits per heavy atom. The number of carbonyl (C=O) groups excluding carboxylic acids is 2. The molecule has 2 heterocycles. The molecule has 0 spiro atoms. The molecule has 126 valence electrons. The number of rotatable bonds is 4. The second-order valence-electron chi connectivity index (χ2n) is 5.82. The highest BCUT2D eigenvalue weighted by Crippen LogP contribution is 2.36. The van der Waals surface area contributed by atoms with E-state index in [1.54, 1.807) is 17.4 Å². The van der Waals surface area contributed by atoms with Gasteiger partial charge in [-0.05, 0) is 48.8 Å². The lowest BCUT2D eigenvalue weighted by molar-refractivity contribution is -0.111. The van der Waals surface area contributed by atoms with Crippen LogP contribution in [0.5, 0.6) is 0 Å². The fourth-order valence-corrected chi connectivity index (χ4v) is 4.88. The van der Waals surface area contributed by atoms with Crippen molar-refractivity contribution >= 4 is 45.6 Å². The van der Waals surface area contributed by atoms with E-state index in [4.69, 9.17) is 5.73 Å². The molecule has 2 aromatic heterocycles. The first-order valence-corrected chi connectivity index (χ1v) is 9.81. The molecule has 6 heteroatoms. The molecule has 24 heavy (non-hydrogen) atoms. The highest BCUT2D eigenvalue weighted by Gasteiger charge is 2.23. The van der Waals surface area contributed by atoms with Crippen LogP contribution in [0.15, 0.2) is 23.6 Å². The molecule has 0 atom stereocenters. The molecule has 0 unspecified atom stereocenters. The number of fused-ring (bicyclic) bond motifs is 1. The summed E-state index contributed by atoms with van der Waals surface area (Å²) in [5, 5.41) is 5.40. The van der Waals surface area contributed by atoms with Gasteiger partial charge < -0.3 is 11.1 Å². The number of hydrogen-bond donors (Lipinski definition) is 2. The molecule has 2 amide bonds. The van der Waals surface area contributed by atoms with E-state index in [-0.39, 0.29) is 5.91 Å². The van der Waals surface area contributed by atoms with Crippen LogP contribution >= 0.6 is 22.7 Å². The lowest BCUT2D eigenvalue weighted by Gasteiger charge is -2.10. The van der Waals surface area contributed by atoms with Crippen LogP contribution in [0, 0.1) is 0 Å². The number of hydrogen-bond acceptors (Lipinski definition) is 4. The van der Waals surface area contributed by atoms with Gasteiger partial charge in [0.2, 0.25) is 5.91 Å². The van der Waals surface area contributed by atoms with E-state index in [0.717, 1.165) is 36.1 Å². The average Bonchev–Trinajstić information content (AvgIpc) is 3.13. The minimum Gasteiger partial charge on any atom is -0.365 e. The molecule has 0 saturated heterocycles. The average molecular weight is 361 g/mol. The molecule has 0 bridgehead atoms. The van der Waals surface area contributed by atoms with Gasteiger partial charge in [-0.15, -0.1) is 22.7 Å². The van der Waals surface area contributed by atoms with Crippen LogP contribution in [0.25, 0.3) is 6.08 Å². The summed E-state index contributed by atoms with van der Waals surface area (Å²) in [4.78, 5) is 26.3. The van der Waals surface area contributed by atoms with Crippen LogP contribution in [-0.4, -0.2) is 11.8 Å². The largest absolute Gasteiger partial charge is 0.365 e. The van der Waals surface area contributed by atoms with Crippen molar-refractivity contribution in [2.45, 2.75) is 38.5 Å². The van der Waals surface area contributed by atoms with E-state index < -0.39 is 5.91 Å². The summed E-state index contributed by atoms with van der Waals surface area (Å²) < 4.78 is 0. The molecule has 0 aromatic carbocycles. The highest BCUT2D eigenvalue weighted by molar-refractivity contribution is 7.17. The maximum atomic E-state index is 12.2. The molecule has 0 fully saturated rings. The maximum absolute atomic E-state index is 12.2. The third-order valence-corrected chi connectivity index (χ3v) is 6.14. The standard InChI is InChI=1S/C18H20N2O2S2/c19-17(22)16-13-7-3-1-2-4-8-14(13)24-18(16)20-15(21)10-9-12-6-5-11-23-12/h5-6,9-11H,1-4,7-8H2,(H2,19,22)(H,20,21). The summed E-state index contributed by atoms with van der Waals surface area (Å²) in [5.41, 5.74) is 7.16. The van der Waals surface area contributed by atoms with Gasteiger partial charge in [0, 0.05) is 15.8 Å². The summed E-state index contributed by atoms with van der Waals surface area (Å²) >= 11 is 3.07. The lowest BCUT2D eigenvalue weighted by atomic mass is 9.96. The van der Waals surface area contributed by atoms with E-state index in [1.807, 2.05) is 17.5 Å². The summed E-state index contributed by atoms with van der Waals surface area (Å²) in [5.74, 6) is -0.689. The van der Waals surface area contributed by atoms with Crippen LogP contribution < -0.4 is 11.1 Å². The molecule has 3 rings (SSSR count). The highest BCUT2D eigenvalue weighted by atomic mass is 32.1. The predicted molar refractivity (Wildman–Crippen MR) is 101 cm³/mol. The molecule has 1 aliphatic rings. The Morgan fingerprint density at radius 1 is 1.17 bits per heavy atom. The van der Waals surface area contributed by atoms with Gasteiger partial charge in [-0.2, -0.15) is 0 Å². The van der Waals surface area contributed by atoms with Crippen molar-refractivity contribution in [2.75, 3.05) is 5.32 Å². The van der Waals surface area contributed by atoms with Crippen LogP contribution in [0.2, 0.25) is 0 Å². The van der Waals surface area contributed by atoms with Crippen molar-refractivity contribution in [1.82, 2.24) is 0 Å². The van der Waals surface area contributed by atoms with Crippen molar-refractivity contribution in [3.63, 3.8) is 0 Å². The van der Waals surface area contributed by atoms with Gasteiger partial charge in [-0.25, -0.2) is 0 Å². The zero-order chi connectivity index (χ0) is 16.9. The monoisotopic (exact) mass is 360 g/mol. The van der Waals surface area contributed by atoms with Crippen molar-refractivity contribution in [3.8, 4) is 0 Å². The molecule has 0 saturated carbocycles. The predicted octanol–water partition coefficient (Wildman–Crippen LogP) is 4.22. The first kappa shape index (κ1) is 16.9. The fourth-order valence-electron chi connectivity index (χ4n) is 2.97. The summed E-state index contributed by atoms with van der Waals surface area (Å²) in [6.07, 6.45) is 9.67. The third-order valence-electron chi connectivity index (χ3n) is 4.10. The molecule has 0 aliphatic heterocycles. The number of carbonyl (C=O) groups is 2. The maximum Gasteiger partial charge on any atom is 0.251 e. The zero-order valence-corrected chi connectivity index (χ0v) is 15.0. The number of nitrogens with one attached hydrogen (secondary N) is 1. The van der Waals surface area contributed by atoms with E-state index in [9.17, 15) is 9.59 Å². The van der Waals surface area contributed by atoms with Crippen molar-refractivity contribution < 1.29 is 9.59 Å². The Hall–Kier alpha value is -1.92. The topological polar surface area (TPSA) is 72.2 Å². The lowest BCUT2D eigenvalue weighted by Crippen LogP contribution is -2.17. The molecule has 2 aromatic rings. The summed E-state index contributed by atoms with van der Waals surface area (Å²) in [6.45, 7) is 0. The van der Waals surface area contributed by atoms with Crippen molar-refractivity contribution in [3.05, 3.63) is 44.5 Å². The summed E-state index contributed by atoms with van der Waals surface area (Å²) in [6, 6.07) is 3.88. The van der Waals surface area contributed by atoms with Crippen LogP contribution in [0.4, 0.5) is 5.00 Å². The molecule has 1 aliphatic carbocycles. The third kappa shape index (κ3) is 3.94. The van der Waals surface area contributed by atoms with Crippen LogP contribution in [0.1, 0.15) is 51.4 Å². The van der Waals surface area contributed by atoms with E-state index in [1.165, 1.54) is 35.1 Å². The zero-order valence-electron chi connectivity index (χ0n) is 13.3. The Morgan fingerprint density at radius 3 is 2.67 bits per heavy atom. The van der Waals surface area contributed by atoms with Crippen LogP contribution in [-0.2, 0) is 17.6 Å². The number of thiophene rings is 2. The first-order chi connectivity index (χ1) is 11.6. The minimum absolute atomic E-state index is 0.236. The smallest absolute Gasteiger partial charge is 0.251 e. The van der Waals surface area contributed by atoms with Gasteiger partial charge in [-0.3, -0.25) is 9.59 Å². The number of amides is 2. The van der Waals surface area contributed by atoms with Gasteiger partial charge in [0.1, 0.15) is 5.00 Å². The Kier molecular flexibility index (Phi) is 5.48. The Balaban J connectivity index is 1.83. The molecule has 4 nitrogen and oxygen atoms in total. The van der Waals surface area contributed by atoms with E-state index in [0.29, 0.717) is 10.6 Å². The SMILES string of the molecule is NC(=O)c1c(NC(=O)C=Cc2cccs2)sc2c1CCCCCC2. The number of anilines is 1. The quantitative estimate of drug-likeness (QED) is 0.801. The van der Waals surface area contributed by atoms with Gasteiger partial charge >= 0.3 is 0 Å². The van der Waals surface area contributed by atoms with Gasteiger partial charge in [0.25, 0.3) is 5.91 Å². The summed E-state index contributed by atoms with van der Waals surface area (Å²) in [7, 11) is 0. The van der Waals surface area contributed by atoms with E-state index >= 15 is 0 Å². The van der Waals surface area contributed by atoms with Gasteiger partial charge in [0.15, 0.2) is 0 Å². The van der Waals surface area contributed by atoms with Crippen molar-refractivity contribution in [1.29, 1.82) is 0 Å². The minimum atomic E-state index is -0.453. The Labute approximate surface area is 149 Å². The Bertz CT molecular complexity index is 760. The van der Waals surface area contributed by atoms with E-state index in [2.05, 4.69) is 5.32 Å².